The summed E-state index contributed by atoms with van der Waals surface area (Å²) in [7, 11) is 0. The predicted molar refractivity (Wildman–Crippen MR) is 174 cm³/mol. The van der Waals surface area contributed by atoms with Gasteiger partial charge in [0.05, 0.1) is 12.1 Å². The molecule has 0 aromatic heterocycles. The van der Waals surface area contributed by atoms with Crippen LogP contribution in [-0.2, 0) is 19.8 Å². The van der Waals surface area contributed by atoms with Gasteiger partial charge < -0.3 is 25.4 Å². The maximum absolute atomic E-state index is 14.8. The van der Waals surface area contributed by atoms with Gasteiger partial charge in [0.1, 0.15) is 17.0 Å². The number of likely N-dealkylation sites (tertiary alicyclic amines) is 1. The van der Waals surface area contributed by atoms with Gasteiger partial charge in [0.15, 0.2) is 5.60 Å². The average Bonchev–Trinajstić information content (AvgIpc) is 3.58. The number of fused-ring (bicyclic) bond motifs is 2. The lowest BCUT2D eigenvalue weighted by molar-refractivity contribution is -0.148. The molecule has 3 amide bonds. The van der Waals surface area contributed by atoms with E-state index in [1.165, 1.54) is 12.1 Å². The summed E-state index contributed by atoms with van der Waals surface area (Å²) < 4.78 is 21.6. The quantitative estimate of drug-likeness (QED) is 0.278. The highest BCUT2D eigenvalue weighted by Gasteiger charge is 2.62. The molecule has 0 radical (unpaired) electrons. The van der Waals surface area contributed by atoms with Crippen molar-refractivity contribution in [1.82, 2.24) is 10.2 Å². The Morgan fingerprint density at radius 2 is 1.78 bits per heavy atom. The van der Waals surface area contributed by atoms with E-state index in [1.54, 1.807) is 54.3 Å². The highest BCUT2D eigenvalue weighted by atomic mass is 35.5. The Morgan fingerprint density at radius 1 is 1.07 bits per heavy atom. The van der Waals surface area contributed by atoms with Crippen molar-refractivity contribution in [3.05, 3.63) is 92.7 Å². The van der Waals surface area contributed by atoms with Crippen LogP contribution < -0.4 is 15.4 Å². The molecule has 3 aromatic rings. The zero-order chi connectivity index (χ0) is 33.0. The third kappa shape index (κ3) is 5.22. The largest absolute Gasteiger partial charge is 0.477 e. The van der Waals surface area contributed by atoms with Crippen LogP contribution in [0, 0.1) is 12.7 Å². The van der Waals surface area contributed by atoms with E-state index in [0.717, 1.165) is 0 Å². The van der Waals surface area contributed by atoms with Crippen molar-refractivity contribution < 1.29 is 28.6 Å². The number of β-amino-alcohol motifs (C(OH)–C–C–N with tert-alkyl or cyclic N) is 1. The van der Waals surface area contributed by atoms with E-state index in [9.17, 15) is 23.9 Å². The Hall–Kier alpha value is -3.66. The topological polar surface area (TPSA) is 108 Å². The molecule has 2 saturated heterocycles. The number of aliphatic hydroxyl groups is 1. The fourth-order valence-corrected chi connectivity index (χ4v) is 7.85. The van der Waals surface area contributed by atoms with Crippen molar-refractivity contribution in [3.63, 3.8) is 0 Å². The molecule has 3 aliphatic heterocycles. The Labute approximate surface area is 277 Å². The molecular formula is C35H36Cl2FN3O5. The van der Waals surface area contributed by atoms with Crippen LogP contribution in [-0.4, -0.2) is 52.5 Å². The number of nitrogens with zero attached hydrogens (tertiary/aromatic N) is 1. The fraction of sp³-hybridized carbons (Fsp3) is 0.400. The maximum atomic E-state index is 14.8. The number of carbonyl (C=O) groups is 3. The molecule has 11 heteroatoms. The smallest absolute Gasteiger partial charge is 0.266 e. The van der Waals surface area contributed by atoms with Gasteiger partial charge in [-0.15, -0.1) is 0 Å². The molecule has 8 nitrogen and oxygen atoms in total. The SMILES string of the molecule is CCC(CC)(Oc1ccc(Cl)cc1[C@H]1CC(=O)N[C@@H](c2cc(F)ccc2C)[C@]12C(=O)Nc1cc(Cl)ccc12)C(=O)N1CC[C@H](O)C1. The van der Waals surface area contributed by atoms with Gasteiger partial charge in [-0.1, -0.05) is 49.2 Å². The Balaban J connectivity index is 1.56. The summed E-state index contributed by atoms with van der Waals surface area (Å²) in [6.07, 6.45) is 0.440. The average molecular weight is 669 g/mol. The van der Waals surface area contributed by atoms with Crippen LogP contribution >= 0.6 is 23.2 Å². The second kappa shape index (κ2) is 12.2. The first-order chi connectivity index (χ1) is 21.9. The minimum absolute atomic E-state index is 0.117. The second-order valence-corrected chi connectivity index (χ2v) is 13.3. The van der Waals surface area contributed by atoms with E-state index in [4.69, 9.17) is 27.9 Å². The third-order valence-corrected chi connectivity index (χ3v) is 10.4. The fourth-order valence-electron chi connectivity index (χ4n) is 7.49. The number of anilines is 1. The molecule has 0 unspecified atom stereocenters. The number of ether oxygens (including phenoxy) is 1. The summed E-state index contributed by atoms with van der Waals surface area (Å²) in [5.74, 6) is -2.02. The molecule has 3 N–H and O–H groups in total. The molecule has 3 aliphatic rings. The first-order valence-corrected chi connectivity index (χ1v) is 16.3. The number of piperidine rings is 1. The molecule has 3 heterocycles. The molecule has 3 aromatic carbocycles. The molecule has 0 bridgehead atoms. The number of amides is 3. The predicted octanol–water partition coefficient (Wildman–Crippen LogP) is 6.21. The van der Waals surface area contributed by atoms with E-state index in [2.05, 4.69) is 10.6 Å². The van der Waals surface area contributed by atoms with Crippen molar-refractivity contribution in [2.24, 2.45) is 0 Å². The summed E-state index contributed by atoms with van der Waals surface area (Å²) in [5, 5.41) is 16.9. The zero-order valence-corrected chi connectivity index (χ0v) is 27.3. The van der Waals surface area contributed by atoms with Gasteiger partial charge in [0, 0.05) is 46.7 Å². The number of hydrogen-bond acceptors (Lipinski definition) is 5. The van der Waals surface area contributed by atoms with Gasteiger partial charge in [-0.05, 0) is 85.3 Å². The summed E-state index contributed by atoms with van der Waals surface area (Å²) in [5.41, 5.74) is -0.0522. The van der Waals surface area contributed by atoms with Crippen LogP contribution in [0.15, 0.2) is 54.6 Å². The molecule has 0 saturated carbocycles. The molecule has 2 fully saturated rings. The van der Waals surface area contributed by atoms with Crippen molar-refractivity contribution in [2.75, 3.05) is 18.4 Å². The maximum Gasteiger partial charge on any atom is 0.266 e. The van der Waals surface area contributed by atoms with Gasteiger partial charge in [0.2, 0.25) is 11.8 Å². The molecule has 6 rings (SSSR count). The van der Waals surface area contributed by atoms with Gasteiger partial charge in [-0.3, -0.25) is 14.4 Å². The number of aliphatic hydroxyl groups excluding tert-OH is 1. The number of benzene rings is 3. The minimum Gasteiger partial charge on any atom is -0.477 e. The van der Waals surface area contributed by atoms with Crippen LogP contribution in [0.25, 0.3) is 0 Å². The van der Waals surface area contributed by atoms with Crippen LogP contribution in [0.5, 0.6) is 5.75 Å². The van der Waals surface area contributed by atoms with Gasteiger partial charge in [0.25, 0.3) is 5.91 Å². The van der Waals surface area contributed by atoms with Crippen molar-refractivity contribution in [3.8, 4) is 5.75 Å². The summed E-state index contributed by atoms with van der Waals surface area (Å²) in [4.78, 5) is 43.8. The van der Waals surface area contributed by atoms with E-state index >= 15 is 0 Å². The van der Waals surface area contributed by atoms with E-state index < -0.39 is 40.8 Å². The lowest BCUT2D eigenvalue weighted by Crippen LogP contribution is -2.57. The lowest BCUT2D eigenvalue weighted by Gasteiger charge is -2.47. The Morgan fingerprint density at radius 3 is 2.48 bits per heavy atom. The van der Waals surface area contributed by atoms with Crippen molar-refractivity contribution in [1.29, 1.82) is 0 Å². The normalized spacial score (nSPS) is 24.2. The van der Waals surface area contributed by atoms with Crippen LogP contribution in [0.3, 0.4) is 0 Å². The number of halogens is 3. The number of hydrogen-bond donors (Lipinski definition) is 3. The van der Waals surface area contributed by atoms with Crippen LogP contribution in [0.1, 0.15) is 73.7 Å². The number of nitrogens with one attached hydrogen (secondary N) is 2. The molecule has 46 heavy (non-hydrogen) atoms. The van der Waals surface area contributed by atoms with Crippen LogP contribution in [0.4, 0.5) is 10.1 Å². The van der Waals surface area contributed by atoms with Crippen LogP contribution in [0.2, 0.25) is 10.0 Å². The minimum atomic E-state index is -1.47. The van der Waals surface area contributed by atoms with E-state index in [0.29, 0.717) is 69.5 Å². The van der Waals surface area contributed by atoms with Crippen molar-refractivity contribution in [2.45, 2.75) is 75.5 Å². The first-order valence-electron chi connectivity index (χ1n) is 15.6. The number of carbonyl (C=O) groups excluding carboxylic acids is 3. The molecule has 1 spiro atoms. The highest BCUT2D eigenvalue weighted by molar-refractivity contribution is 6.31. The van der Waals surface area contributed by atoms with Crippen molar-refractivity contribution >= 4 is 46.6 Å². The number of aryl methyl sites for hydroxylation is 1. The number of rotatable bonds is 7. The Kier molecular flexibility index (Phi) is 8.54. The van der Waals surface area contributed by atoms with Gasteiger partial charge in [-0.2, -0.15) is 0 Å². The van der Waals surface area contributed by atoms with Gasteiger partial charge >= 0.3 is 0 Å². The molecule has 242 valence electrons. The monoisotopic (exact) mass is 667 g/mol. The molecule has 4 atom stereocenters. The third-order valence-electron chi connectivity index (χ3n) is 9.94. The van der Waals surface area contributed by atoms with E-state index in [1.807, 2.05) is 13.8 Å². The van der Waals surface area contributed by atoms with E-state index in [-0.39, 0.29) is 24.8 Å². The van der Waals surface area contributed by atoms with Gasteiger partial charge in [-0.25, -0.2) is 4.39 Å². The standard InChI is InChI=1S/C35H36Cl2FN3O5/c1-4-34(5-2,33(45)41-13-12-23(42)18-41)46-29-11-8-20(36)14-25(29)27-17-30(43)40-31(24-16-22(38)9-6-19(24)3)35(27)26-10-7-21(37)15-28(26)39-32(35)44/h6-11,14-16,23,27,31,42H,4-5,12-13,17-18H2,1-3H3,(H,39,44)(H,40,43)/t23-,27+,31-,35+/m0/s1. The summed E-state index contributed by atoms with van der Waals surface area (Å²) >= 11 is 13.0. The summed E-state index contributed by atoms with van der Waals surface area (Å²) in [6, 6.07) is 13.4. The highest BCUT2D eigenvalue weighted by Crippen LogP contribution is 2.59. The lowest BCUT2D eigenvalue weighted by atomic mass is 9.59. The zero-order valence-electron chi connectivity index (χ0n) is 25.8. The molecule has 0 aliphatic carbocycles. The second-order valence-electron chi connectivity index (χ2n) is 12.5. The Bertz CT molecular complexity index is 1730. The molecular weight excluding hydrogens is 632 g/mol. The first kappa shape index (κ1) is 32.3. The summed E-state index contributed by atoms with van der Waals surface area (Å²) in [6.45, 7) is 6.17.